The highest BCUT2D eigenvalue weighted by Crippen LogP contribution is 2.29. The molecule has 2 aliphatic rings. The van der Waals surface area contributed by atoms with Crippen molar-refractivity contribution in [1.29, 1.82) is 0 Å². The van der Waals surface area contributed by atoms with E-state index in [1.807, 2.05) is 0 Å². The molecule has 14 heavy (non-hydrogen) atoms. The van der Waals surface area contributed by atoms with E-state index in [1.165, 1.54) is 38.6 Å². The van der Waals surface area contributed by atoms with Crippen LogP contribution in [0.4, 0.5) is 0 Å². The summed E-state index contributed by atoms with van der Waals surface area (Å²) in [5, 5.41) is 8.72. The van der Waals surface area contributed by atoms with Crippen molar-refractivity contribution >= 4 is 0 Å². The fourth-order valence-corrected chi connectivity index (χ4v) is 2.26. The van der Waals surface area contributed by atoms with Gasteiger partial charge in [-0.15, -0.1) is 0 Å². The van der Waals surface area contributed by atoms with Gasteiger partial charge in [0.2, 0.25) is 0 Å². The first-order valence-corrected chi connectivity index (χ1v) is 5.86. The van der Waals surface area contributed by atoms with Gasteiger partial charge in [0, 0.05) is 12.6 Å². The Kier molecular flexibility index (Phi) is 3.79. The van der Waals surface area contributed by atoms with Gasteiger partial charge in [-0.3, -0.25) is 4.90 Å². The number of aliphatic hydroxyl groups excluding tert-OH is 1. The first-order valence-electron chi connectivity index (χ1n) is 5.86. The highest BCUT2D eigenvalue weighted by Gasteiger charge is 2.31. The SMILES string of the molecule is OCCOC1CCCCN(C2CC2)C1. The van der Waals surface area contributed by atoms with E-state index in [9.17, 15) is 0 Å². The minimum atomic E-state index is 0.153. The molecule has 0 aromatic rings. The molecule has 2 fully saturated rings. The summed E-state index contributed by atoms with van der Waals surface area (Å²) in [6.07, 6.45) is 6.89. The largest absolute Gasteiger partial charge is 0.394 e. The van der Waals surface area contributed by atoms with Crippen LogP contribution in [0.15, 0.2) is 0 Å². The van der Waals surface area contributed by atoms with Crippen LogP contribution < -0.4 is 0 Å². The molecule has 1 atom stereocenters. The van der Waals surface area contributed by atoms with Gasteiger partial charge in [0.05, 0.1) is 19.3 Å². The molecule has 0 spiro atoms. The van der Waals surface area contributed by atoms with E-state index < -0.39 is 0 Å². The summed E-state index contributed by atoms with van der Waals surface area (Å²) in [6, 6.07) is 0.855. The predicted octanol–water partition coefficient (Wildman–Crippen LogP) is 1.01. The third-order valence-electron chi connectivity index (χ3n) is 3.17. The third-order valence-corrected chi connectivity index (χ3v) is 3.17. The van der Waals surface area contributed by atoms with Crippen LogP contribution in [0, 0.1) is 0 Å². The Labute approximate surface area is 86.0 Å². The van der Waals surface area contributed by atoms with Crippen molar-refractivity contribution < 1.29 is 9.84 Å². The fraction of sp³-hybridized carbons (Fsp3) is 1.00. The second-order valence-electron chi connectivity index (χ2n) is 4.44. The van der Waals surface area contributed by atoms with Gasteiger partial charge < -0.3 is 9.84 Å². The van der Waals surface area contributed by atoms with Gasteiger partial charge in [-0.25, -0.2) is 0 Å². The summed E-state index contributed by atoms with van der Waals surface area (Å²) in [6.45, 7) is 3.00. The molecule has 3 heteroatoms. The number of hydrogen-bond acceptors (Lipinski definition) is 3. The molecular formula is C11H21NO2. The molecule has 1 unspecified atom stereocenters. The smallest absolute Gasteiger partial charge is 0.0703 e. The fourth-order valence-electron chi connectivity index (χ4n) is 2.26. The summed E-state index contributed by atoms with van der Waals surface area (Å²) in [5.74, 6) is 0. The molecular weight excluding hydrogens is 178 g/mol. The summed E-state index contributed by atoms with van der Waals surface area (Å²) < 4.78 is 5.63. The van der Waals surface area contributed by atoms with Crippen LogP contribution in [0.1, 0.15) is 32.1 Å². The zero-order valence-electron chi connectivity index (χ0n) is 8.82. The van der Waals surface area contributed by atoms with Crippen LogP contribution in [0.25, 0.3) is 0 Å². The van der Waals surface area contributed by atoms with Gasteiger partial charge in [-0.05, 0) is 38.6 Å². The van der Waals surface area contributed by atoms with Crippen LogP contribution in [-0.2, 0) is 4.74 Å². The molecule has 0 amide bonds. The van der Waals surface area contributed by atoms with Crippen LogP contribution >= 0.6 is 0 Å². The topological polar surface area (TPSA) is 32.7 Å². The van der Waals surface area contributed by atoms with Crippen molar-refractivity contribution in [2.24, 2.45) is 0 Å². The second-order valence-corrected chi connectivity index (χ2v) is 4.44. The quantitative estimate of drug-likeness (QED) is 0.733. The molecule has 1 aliphatic carbocycles. The maximum absolute atomic E-state index is 8.72. The van der Waals surface area contributed by atoms with Crippen LogP contribution in [0.2, 0.25) is 0 Å². The summed E-state index contributed by atoms with van der Waals surface area (Å²) in [4.78, 5) is 2.58. The molecule has 1 saturated carbocycles. The van der Waals surface area contributed by atoms with E-state index in [2.05, 4.69) is 4.90 Å². The predicted molar refractivity (Wildman–Crippen MR) is 55.3 cm³/mol. The molecule has 0 aromatic heterocycles. The lowest BCUT2D eigenvalue weighted by molar-refractivity contribution is 0.00881. The number of ether oxygens (including phenoxy) is 1. The summed E-state index contributed by atoms with van der Waals surface area (Å²) in [7, 11) is 0. The Balaban J connectivity index is 1.77. The molecule has 1 saturated heterocycles. The Morgan fingerprint density at radius 3 is 2.79 bits per heavy atom. The van der Waals surface area contributed by atoms with E-state index in [4.69, 9.17) is 9.84 Å². The molecule has 1 heterocycles. The van der Waals surface area contributed by atoms with E-state index in [-0.39, 0.29) is 6.61 Å². The average molecular weight is 199 g/mol. The van der Waals surface area contributed by atoms with Gasteiger partial charge >= 0.3 is 0 Å². The highest BCUT2D eigenvalue weighted by molar-refractivity contribution is 4.87. The minimum Gasteiger partial charge on any atom is -0.394 e. The zero-order chi connectivity index (χ0) is 9.80. The van der Waals surface area contributed by atoms with E-state index in [0.29, 0.717) is 12.7 Å². The van der Waals surface area contributed by atoms with Crippen LogP contribution in [0.3, 0.4) is 0 Å². The first kappa shape index (κ1) is 10.4. The number of hydrogen-bond donors (Lipinski definition) is 1. The number of aliphatic hydroxyl groups is 1. The van der Waals surface area contributed by atoms with Gasteiger partial charge in [0.25, 0.3) is 0 Å². The van der Waals surface area contributed by atoms with Crippen LogP contribution in [-0.4, -0.2) is 48.5 Å². The monoisotopic (exact) mass is 199 g/mol. The minimum absolute atomic E-state index is 0.153. The van der Waals surface area contributed by atoms with Crippen molar-refractivity contribution in [2.75, 3.05) is 26.3 Å². The van der Waals surface area contributed by atoms with Gasteiger partial charge in [0.1, 0.15) is 0 Å². The van der Waals surface area contributed by atoms with Crippen LogP contribution in [0.5, 0.6) is 0 Å². The Morgan fingerprint density at radius 1 is 1.21 bits per heavy atom. The second kappa shape index (κ2) is 5.10. The lowest BCUT2D eigenvalue weighted by atomic mass is 10.2. The van der Waals surface area contributed by atoms with Gasteiger partial charge in [0.15, 0.2) is 0 Å². The van der Waals surface area contributed by atoms with E-state index >= 15 is 0 Å². The highest BCUT2D eigenvalue weighted by atomic mass is 16.5. The van der Waals surface area contributed by atoms with Crippen molar-refractivity contribution in [3.63, 3.8) is 0 Å². The zero-order valence-corrected chi connectivity index (χ0v) is 8.82. The first-order chi connectivity index (χ1) is 6.90. The standard InChI is InChI=1S/C11H21NO2/c13-7-8-14-11-3-1-2-6-12(9-11)10-4-5-10/h10-11,13H,1-9H2. The van der Waals surface area contributed by atoms with Crippen molar-refractivity contribution in [3.05, 3.63) is 0 Å². The van der Waals surface area contributed by atoms with E-state index in [0.717, 1.165) is 12.6 Å². The maximum atomic E-state index is 8.72. The Bertz CT molecular complexity index is 171. The molecule has 0 aromatic carbocycles. The number of nitrogens with zero attached hydrogens (tertiary/aromatic N) is 1. The Morgan fingerprint density at radius 2 is 2.07 bits per heavy atom. The lowest BCUT2D eigenvalue weighted by Gasteiger charge is -2.23. The van der Waals surface area contributed by atoms with Crippen molar-refractivity contribution in [1.82, 2.24) is 4.90 Å². The normalized spacial score (nSPS) is 30.2. The van der Waals surface area contributed by atoms with Crippen molar-refractivity contribution in [2.45, 2.75) is 44.2 Å². The Hall–Kier alpha value is -0.120. The van der Waals surface area contributed by atoms with E-state index in [1.54, 1.807) is 0 Å². The number of rotatable bonds is 4. The molecule has 2 rings (SSSR count). The molecule has 1 N–H and O–H groups in total. The molecule has 0 radical (unpaired) electrons. The molecule has 82 valence electrons. The summed E-state index contributed by atoms with van der Waals surface area (Å²) >= 11 is 0. The van der Waals surface area contributed by atoms with Gasteiger partial charge in [-0.2, -0.15) is 0 Å². The molecule has 1 aliphatic heterocycles. The maximum Gasteiger partial charge on any atom is 0.0703 e. The lowest BCUT2D eigenvalue weighted by Crippen LogP contribution is -2.34. The average Bonchev–Trinajstić information content (AvgIpc) is 3.00. The van der Waals surface area contributed by atoms with Crippen molar-refractivity contribution in [3.8, 4) is 0 Å². The van der Waals surface area contributed by atoms with Gasteiger partial charge in [-0.1, -0.05) is 0 Å². The number of likely N-dealkylation sites (tertiary alicyclic amines) is 1. The third kappa shape index (κ3) is 2.94. The molecule has 0 bridgehead atoms. The summed E-state index contributed by atoms with van der Waals surface area (Å²) in [5.41, 5.74) is 0. The molecule has 3 nitrogen and oxygen atoms in total.